The smallest absolute Gasteiger partial charge is 0.225 e. The molecule has 0 fully saturated rings. The van der Waals surface area contributed by atoms with Gasteiger partial charge in [-0.3, -0.25) is 4.79 Å². The molecule has 0 bridgehead atoms. The van der Waals surface area contributed by atoms with E-state index in [1.165, 1.54) is 11.3 Å². The molecule has 3 N–H and O–H groups in total. The molecule has 1 rings (SSSR count). The highest BCUT2D eigenvalue weighted by atomic mass is 32.2. The van der Waals surface area contributed by atoms with Gasteiger partial charge in [0, 0.05) is 11.4 Å². The average Bonchev–Trinajstić information content (AvgIpc) is 2.54. The van der Waals surface area contributed by atoms with Crippen LogP contribution in [-0.2, 0) is 21.2 Å². The maximum Gasteiger partial charge on any atom is 0.225 e. The summed E-state index contributed by atoms with van der Waals surface area (Å²) in [6.45, 7) is 0.0586. The zero-order valence-corrected chi connectivity index (χ0v) is 9.60. The number of amides is 1. The predicted molar refractivity (Wildman–Crippen MR) is 59.0 cm³/mol. The molecule has 1 amide bonds. The largest absolute Gasteiger partial charge is 0.355 e. The van der Waals surface area contributed by atoms with Crippen LogP contribution in [0.1, 0.15) is 4.88 Å². The molecule has 0 atom stereocenters. The van der Waals surface area contributed by atoms with Crippen LogP contribution in [0.3, 0.4) is 0 Å². The van der Waals surface area contributed by atoms with Crippen molar-refractivity contribution in [3.8, 4) is 0 Å². The van der Waals surface area contributed by atoms with Crippen LogP contribution in [0.25, 0.3) is 0 Å². The molecule has 0 spiro atoms. The highest BCUT2D eigenvalue weighted by molar-refractivity contribution is 7.89. The monoisotopic (exact) mass is 248 g/mol. The van der Waals surface area contributed by atoms with Crippen molar-refractivity contribution >= 4 is 27.3 Å². The lowest BCUT2D eigenvalue weighted by Crippen LogP contribution is -2.32. The van der Waals surface area contributed by atoms with Gasteiger partial charge in [-0.1, -0.05) is 6.07 Å². The van der Waals surface area contributed by atoms with E-state index in [1.54, 1.807) is 0 Å². The lowest BCUT2D eigenvalue weighted by Gasteiger charge is -2.02. The second-order valence-electron chi connectivity index (χ2n) is 2.97. The van der Waals surface area contributed by atoms with Gasteiger partial charge in [0.2, 0.25) is 15.9 Å². The highest BCUT2D eigenvalue weighted by Crippen LogP contribution is 2.08. The van der Waals surface area contributed by atoms with Crippen LogP contribution in [0, 0.1) is 0 Å². The van der Waals surface area contributed by atoms with Crippen molar-refractivity contribution in [2.24, 2.45) is 5.14 Å². The second-order valence-corrected chi connectivity index (χ2v) is 5.74. The molecule has 84 valence electrons. The first-order chi connectivity index (χ1) is 6.97. The minimum atomic E-state index is -3.49. The van der Waals surface area contributed by atoms with Crippen LogP contribution < -0.4 is 10.5 Å². The Hall–Kier alpha value is -0.920. The van der Waals surface area contributed by atoms with Crippen molar-refractivity contribution < 1.29 is 13.2 Å². The Balaban J connectivity index is 2.26. The topological polar surface area (TPSA) is 89.3 Å². The van der Waals surface area contributed by atoms with Crippen LogP contribution in [0.15, 0.2) is 17.5 Å². The van der Waals surface area contributed by atoms with Gasteiger partial charge in [-0.15, -0.1) is 11.3 Å². The van der Waals surface area contributed by atoms with E-state index in [2.05, 4.69) is 5.32 Å². The summed E-state index contributed by atoms with van der Waals surface area (Å²) in [5.41, 5.74) is 0. The predicted octanol–water partition coefficient (Wildman–Crippen LogP) is -0.305. The lowest BCUT2D eigenvalue weighted by atomic mass is 10.3. The summed E-state index contributed by atoms with van der Waals surface area (Å²) in [7, 11) is -3.49. The Morgan fingerprint density at radius 1 is 1.53 bits per heavy atom. The SMILES string of the molecule is NS(=O)(=O)CCNC(=O)Cc1cccs1. The third kappa shape index (κ3) is 5.50. The minimum absolute atomic E-state index is 0.0586. The molecule has 0 saturated heterocycles. The quantitative estimate of drug-likeness (QED) is 0.749. The molecule has 0 aliphatic rings. The van der Waals surface area contributed by atoms with Gasteiger partial charge in [0.05, 0.1) is 12.2 Å². The van der Waals surface area contributed by atoms with Crippen molar-refractivity contribution in [3.63, 3.8) is 0 Å². The van der Waals surface area contributed by atoms with Crippen LogP contribution in [0.4, 0.5) is 0 Å². The summed E-state index contributed by atoms with van der Waals surface area (Å²) in [6.07, 6.45) is 0.280. The van der Waals surface area contributed by atoms with E-state index in [4.69, 9.17) is 5.14 Å². The Morgan fingerprint density at radius 2 is 2.27 bits per heavy atom. The standard InChI is InChI=1S/C8H12N2O3S2/c9-15(12,13)5-3-10-8(11)6-7-2-1-4-14-7/h1-2,4H,3,5-6H2,(H,10,11)(H2,9,12,13). The molecule has 1 heterocycles. The first-order valence-corrected chi connectivity index (χ1v) is 6.86. The zero-order valence-electron chi connectivity index (χ0n) is 7.97. The molecule has 0 aliphatic heterocycles. The molecule has 0 radical (unpaired) electrons. The van der Waals surface area contributed by atoms with E-state index >= 15 is 0 Å². The molecule has 5 nitrogen and oxygen atoms in total. The summed E-state index contributed by atoms with van der Waals surface area (Å²) in [6, 6.07) is 3.71. The summed E-state index contributed by atoms with van der Waals surface area (Å²) < 4.78 is 21.1. The number of nitrogens with two attached hydrogens (primary N) is 1. The number of thiophene rings is 1. The number of carbonyl (C=O) groups excluding carboxylic acids is 1. The van der Waals surface area contributed by atoms with E-state index in [0.29, 0.717) is 0 Å². The molecule has 7 heteroatoms. The molecule has 0 aromatic carbocycles. The Morgan fingerprint density at radius 3 is 2.80 bits per heavy atom. The number of sulfonamides is 1. The van der Waals surface area contributed by atoms with Gasteiger partial charge in [0.15, 0.2) is 0 Å². The molecule has 1 aromatic heterocycles. The number of hydrogen-bond donors (Lipinski definition) is 2. The summed E-state index contributed by atoms with van der Waals surface area (Å²) >= 11 is 1.49. The number of primary sulfonamides is 1. The number of rotatable bonds is 5. The highest BCUT2D eigenvalue weighted by Gasteiger charge is 2.06. The van der Waals surface area contributed by atoms with Gasteiger partial charge in [-0.2, -0.15) is 0 Å². The van der Waals surface area contributed by atoms with Crippen molar-refractivity contribution in [3.05, 3.63) is 22.4 Å². The van der Waals surface area contributed by atoms with Gasteiger partial charge >= 0.3 is 0 Å². The molecule has 15 heavy (non-hydrogen) atoms. The summed E-state index contributed by atoms with van der Waals surface area (Å²) in [4.78, 5) is 12.2. The van der Waals surface area contributed by atoms with Crippen LogP contribution in [0.5, 0.6) is 0 Å². The summed E-state index contributed by atoms with van der Waals surface area (Å²) in [5, 5.41) is 9.15. The first-order valence-electron chi connectivity index (χ1n) is 4.27. The molecule has 1 aromatic rings. The van der Waals surface area contributed by atoms with Gasteiger partial charge in [-0.05, 0) is 11.4 Å². The van der Waals surface area contributed by atoms with E-state index in [1.807, 2.05) is 17.5 Å². The van der Waals surface area contributed by atoms with E-state index in [9.17, 15) is 13.2 Å². The number of nitrogens with one attached hydrogen (secondary N) is 1. The van der Waals surface area contributed by atoms with Gasteiger partial charge in [0.1, 0.15) is 0 Å². The third-order valence-electron chi connectivity index (χ3n) is 1.62. The van der Waals surface area contributed by atoms with Crippen molar-refractivity contribution in [1.82, 2.24) is 5.32 Å². The van der Waals surface area contributed by atoms with Crippen LogP contribution in [0.2, 0.25) is 0 Å². The van der Waals surface area contributed by atoms with Gasteiger partial charge in [0.25, 0.3) is 0 Å². The maximum atomic E-state index is 11.3. The number of carbonyl (C=O) groups is 1. The van der Waals surface area contributed by atoms with Gasteiger partial charge in [-0.25, -0.2) is 13.6 Å². The molecular formula is C8H12N2O3S2. The molecular weight excluding hydrogens is 236 g/mol. The lowest BCUT2D eigenvalue weighted by molar-refractivity contribution is -0.120. The zero-order chi connectivity index (χ0) is 11.3. The fraction of sp³-hybridized carbons (Fsp3) is 0.375. The first kappa shape index (κ1) is 12.2. The van der Waals surface area contributed by atoms with E-state index in [0.717, 1.165) is 4.88 Å². The maximum absolute atomic E-state index is 11.3. The van der Waals surface area contributed by atoms with Crippen LogP contribution >= 0.6 is 11.3 Å². The molecule has 0 saturated carbocycles. The Labute approximate surface area is 92.3 Å². The fourth-order valence-electron chi connectivity index (χ4n) is 0.967. The summed E-state index contributed by atoms with van der Waals surface area (Å²) in [5.74, 6) is -0.426. The van der Waals surface area contributed by atoms with E-state index < -0.39 is 10.0 Å². The Bertz CT molecular complexity index is 411. The minimum Gasteiger partial charge on any atom is -0.355 e. The average molecular weight is 248 g/mol. The third-order valence-corrected chi connectivity index (χ3v) is 3.27. The molecule has 0 unspecified atom stereocenters. The van der Waals surface area contributed by atoms with Crippen LogP contribution in [-0.4, -0.2) is 26.6 Å². The van der Waals surface area contributed by atoms with Crippen molar-refractivity contribution in [2.75, 3.05) is 12.3 Å². The Kier molecular flexibility index (Phi) is 4.25. The second kappa shape index (κ2) is 5.24. The van der Waals surface area contributed by atoms with Crippen molar-refractivity contribution in [1.29, 1.82) is 0 Å². The normalized spacial score (nSPS) is 11.3. The molecule has 0 aliphatic carbocycles. The van der Waals surface area contributed by atoms with E-state index in [-0.39, 0.29) is 24.6 Å². The fourth-order valence-corrected chi connectivity index (χ4v) is 2.06. The van der Waals surface area contributed by atoms with Gasteiger partial charge < -0.3 is 5.32 Å². The number of hydrogen-bond acceptors (Lipinski definition) is 4. The van der Waals surface area contributed by atoms with Crippen molar-refractivity contribution in [2.45, 2.75) is 6.42 Å².